The lowest BCUT2D eigenvalue weighted by Gasteiger charge is -2.23. The molecule has 136 valence electrons. The van der Waals surface area contributed by atoms with Crippen molar-refractivity contribution in [1.82, 2.24) is 10.6 Å². The quantitative estimate of drug-likeness (QED) is 0.605. The highest BCUT2D eigenvalue weighted by molar-refractivity contribution is 7.80. The highest BCUT2D eigenvalue weighted by Crippen LogP contribution is 2.34. The number of benzene rings is 2. The molecule has 1 aliphatic rings. The van der Waals surface area contributed by atoms with E-state index in [0.29, 0.717) is 0 Å². The van der Waals surface area contributed by atoms with Gasteiger partial charge in [0.05, 0.1) is 14.2 Å². The van der Waals surface area contributed by atoms with E-state index in [-0.39, 0.29) is 0 Å². The maximum absolute atomic E-state index is 5.51. The van der Waals surface area contributed by atoms with Crippen LogP contribution >= 0.6 is 12.2 Å². The fourth-order valence-corrected chi connectivity index (χ4v) is 3.31. The summed E-state index contributed by atoms with van der Waals surface area (Å²) in [5.41, 5.74) is 4.67. The van der Waals surface area contributed by atoms with E-state index in [9.17, 15) is 0 Å². The van der Waals surface area contributed by atoms with Crippen LogP contribution in [0.1, 0.15) is 16.7 Å². The first kappa shape index (κ1) is 18.3. The van der Waals surface area contributed by atoms with E-state index in [0.717, 1.165) is 53.7 Å². The molecule has 1 heterocycles. The molecule has 2 aromatic rings. The van der Waals surface area contributed by atoms with Gasteiger partial charge in [-0.1, -0.05) is 42.5 Å². The molecule has 3 rings (SSSR count). The first-order valence-electron chi connectivity index (χ1n) is 8.74. The molecule has 0 amide bonds. The van der Waals surface area contributed by atoms with E-state index in [1.54, 1.807) is 14.2 Å². The number of thiocarbonyl (C=S) groups is 1. The Morgan fingerprint density at radius 1 is 1.15 bits per heavy atom. The SMILES string of the molecule is COc1cc2c(cc1OC)/C(=C/C(=S)NCCc1ccccc1)NCC2. The summed E-state index contributed by atoms with van der Waals surface area (Å²) < 4.78 is 10.9. The lowest BCUT2D eigenvalue weighted by Crippen LogP contribution is -2.27. The summed E-state index contributed by atoms with van der Waals surface area (Å²) in [6.07, 6.45) is 3.88. The molecule has 0 radical (unpaired) electrons. The summed E-state index contributed by atoms with van der Waals surface area (Å²) >= 11 is 5.51. The molecule has 0 aromatic heterocycles. The van der Waals surface area contributed by atoms with Crippen molar-refractivity contribution in [2.75, 3.05) is 27.3 Å². The van der Waals surface area contributed by atoms with Crippen molar-refractivity contribution < 1.29 is 9.47 Å². The van der Waals surface area contributed by atoms with Gasteiger partial charge in [-0.05, 0) is 42.2 Å². The Hall–Kier alpha value is -2.53. The molecule has 2 aromatic carbocycles. The fourth-order valence-electron chi connectivity index (χ4n) is 3.09. The summed E-state index contributed by atoms with van der Waals surface area (Å²) in [6, 6.07) is 14.5. The van der Waals surface area contributed by atoms with Crippen molar-refractivity contribution in [3.63, 3.8) is 0 Å². The minimum Gasteiger partial charge on any atom is -0.493 e. The lowest BCUT2D eigenvalue weighted by molar-refractivity contribution is 0.354. The maximum atomic E-state index is 5.51. The smallest absolute Gasteiger partial charge is 0.161 e. The van der Waals surface area contributed by atoms with Crippen molar-refractivity contribution in [2.24, 2.45) is 0 Å². The van der Waals surface area contributed by atoms with Gasteiger partial charge >= 0.3 is 0 Å². The number of hydrogen-bond acceptors (Lipinski definition) is 4. The van der Waals surface area contributed by atoms with Gasteiger partial charge in [0.2, 0.25) is 0 Å². The van der Waals surface area contributed by atoms with E-state index >= 15 is 0 Å². The standard InChI is InChI=1S/C21H24N2O2S/c1-24-19-12-16-9-11-22-18(17(16)13-20(19)25-2)14-21(26)23-10-8-15-6-4-3-5-7-15/h3-7,12-14,22H,8-11H2,1-2H3,(H,23,26)/b18-14-. The van der Waals surface area contributed by atoms with Gasteiger partial charge in [-0.25, -0.2) is 0 Å². The minimum atomic E-state index is 0.726. The number of fused-ring (bicyclic) bond motifs is 1. The van der Waals surface area contributed by atoms with Gasteiger partial charge in [-0.15, -0.1) is 0 Å². The first-order valence-corrected chi connectivity index (χ1v) is 9.14. The Kier molecular flexibility index (Phi) is 6.12. The number of nitrogens with one attached hydrogen (secondary N) is 2. The molecular formula is C21H24N2O2S. The number of rotatable bonds is 6. The molecular weight excluding hydrogens is 344 g/mol. The summed E-state index contributed by atoms with van der Waals surface area (Å²) in [6.45, 7) is 1.69. The Balaban J connectivity index is 1.70. The topological polar surface area (TPSA) is 42.5 Å². The highest BCUT2D eigenvalue weighted by Gasteiger charge is 2.18. The van der Waals surface area contributed by atoms with Crippen molar-refractivity contribution in [3.8, 4) is 11.5 Å². The Labute approximate surface area is 160 Å². The summed E-state index contributed by atoms with van der Waals surface area (Å²) in [7, 11) is 3.31. The summed E-state index contributed by atoms with van der Waals surface area (Å²) in [5.74, 6) is 1.49. The predicted octanol–water partition coefficient (Wildman–Crippen LogP) is 3.35. The molecule has 0 unspecified atom stereocenters. The molecule has 0 fully saturated rings. The largest absolute Gasteiger partial charge is 0.493 e. The van der Waals surface area contributed by atoms with Crippen LogP contribution in [0.15, 0.2) is 48.5 Å². The minimum absolute atomic E-state index is 0.726. The Morgan fingerprint density at radius 2 is 1.88 bits per heavy atom. The van der Waals surface area contributed by atoms with Gasteiger partial charge in [-0.2, -0.15) is 0 Å². The van der Waals surface area contributed by atoms with Crippen LogP contribution in [0.4, 0.5) is 0 Å². The second kappa shape index (κ2) is 8.72. The molecule has 0 saturated carbocycles. The second-order valence-electron chi connectivity index (χ2n) is 6.13. The molecule has 0 aliphatic carbocycles. The average molecular weight is 369 g/mol. The fraction of sp³-hybridized carbons (Fsp3) is 0.286. The molecule has 0 spiro atoms. The van der Waals surface area contributed by atoms with Crippen molar-refractivity contribution >= 4 is 22.9 Å². The van der Waals surface area contributed by atoms with E-state index < -0.39 is 0 Å². The molecule has 5 heteroatoms. The summed E-state index contributed by atoms with van der Waals surface area (Å²) in [4.78, 5) is 0.728. The molecule has 0 bridgehead atoms. The van der Waals surface area contributed by atoms with E-state index in [1.807, 2.05) is 18.2 Å². The van der Waals surface area contributed by atoms with Gasteiger partial charge in [0, 0.05) is 24.4 Å². The molecule has 0 atom stereocenters. The van der Waals surface area contributed by atoms with Crippen molar-refractivity contribution in [3.05, 3.63) is 65.2 Å². The average Bonchev–Trinajstić information content (AvgIpc) is 2.68. The zero-order valence-electron chi connectivity index (χ0n) is 15.2. The zero-order chi connectivity index (χ0) is 18.4. The third-order valence-electron chi connectivity index (χ3n) is 4.44. The van der Waals surface area contributed by atoms with E-state index in [4.69, 9.17) is 21.7 Å². The van der Waals surface area contributed by atoms with Crippen molar-refractivity contribution in [1.29, 1.82) is 0 Å². The number of methoxy groups -OCH3 is 2. The molecule has 26 heavy (non-hydrogen) atoms. The third kappa shape index (κ3) is 4.35. The second-order valence-corrected chi connectivity index (χ2v) is 6.57. The molecule has 0 saturated heterocycles. The molecule has 2 N–H and O–H groups in total. The monoisotopic (exact) mass is 368 g/mol. The zero-order valence-corrected chi connectivity index (χ0v) is 16.0. The van der Waals surface area contributed by atoms with Gasteiger partial charge < -0.3 is 20.1 Å². The van der Waals surface area contributed by atoms with Crippen LogP contribution in [-0.2, 0) is 12.8 Å². The lowest BCUT2D eigenvalue weighted by atomic mass is 9.97. The van der Waals surface area contributed by atoms with Crippen LogP contribution in [0.5, 0.6) is 11.5 Å². The van der Waals surface area contributed by atoms with E-state index in [2.05, 4.69) is 41.0 Å². The maximum Gasteiger partial charge on any atom is 0.161 e. The highest BCUT2D eigenvalue weighted by atomic mass is 32.1. The normalized spacial score (nSPS) is 14.3. The van der Waals surface area contributed by atoms with Gasteiger partial charge in [0.15, 0.2) is 11.5 Å². The number of hydrogen-bond donors (Lipinski definition) is 2. The van der Waals surface area contributed by atoms with Gasteiger partial charge in [0.1, 0.15) is 4.99 Å². The van der Waals surface area contributed by atoms with Crippen LogP contribution < -0.4 is 20.1 Å². The van der Waals surface area contributed by atoms with Gasteiger partial charge in [0.25, 0.3) is 0 Å². The molecule has 1 aliphatic heterocycles. The van der Waals surface area contributed by atoms with Gasteiger partial charge in [-0.3, -0.25) is 0 Å². The number of ether oxygens (including phenoxy) is 2. The van der Waals surface area contributed by atoms with Crippen LogP contribution in [0.2, 0.25) is 0 Å². The van der Waals surface area contributed by atoms with Crippen LogP contribution in [0.3, 0.4) is 0 Å². The Morgan fingerprint density at radius 3 is 2.62 bits per heavy atom. The van der Waals surface area contributed by atoms with Crippen LogP contribution in [0.25, 0.3) is 5.70 Å². The molecule has 4 nitrogen and oxygen atoms in total. The third-order valence-corrected chi connectivity index (χ3v) is 4.70. The summed E-state index contributed by atoms with van der Waals surface area (Å²) in [5, 5.41) is 6.76. The first-order chi connectivity index (χ1) is 12.7. The van der Waals surface area contributed by atoms with E-state index in [1.165, 1.54) is 11.1 Å². The Bertz CT molecular complexity index is 803. The van der Waals surface area contributed by atoms with Crippen LogP contribution in [0, 0.1) is 0 Å². The van der Waals surface area contributed by atoms with Crippen LogP contribution in [-0.4, -0.2) is 32.3 Å². The van der Waals surface area contributed by atoms with Crippen molar-refractivity contribution in [2.45, 2.75) is 12.8 Å². The predicted molar refractivity (Wildman–Crippen MR) is 110 cm³/mol.